The fourth-order valence-corrected chi connectivity index (χ4v) is 1.83. The van der Waals surface area contributed by atoms with E-state index in [9.17, 15) is 18.0 Å². The number of aliphatic carboxylic acids is 1. The maximum Gasteiger partial charge on any atom is 0.313 e. The molecule has 1 heterocycles. The number of rotatable bonds is 4. The Kier molecular flexibility index (Phi) is 3.69. The highest BCUT2D eigenvalue weighted by Gasteiger charge is 2.19. The van der Waals surface area contributed by atoms with Gasteiger partial charge in [-0.2, -0.15) is 4.68 Å². The molecule has 100 valence electrons. The largest absolute Gasteiger partial charge is 0.481 e. The van der Waals surface area contributed by atoms with E-state index in [-0.39, 0.29) is 10.9 Å². The van der Waals surface area contributed by atoms with Crippen molar-refractivity contribution in [2.45, 2.75) is 5.16 Å². The average Bonchev–Trinajstić information content (AvgIpc) is 2.82. The van der Waals surface area contributed by atoms with Crippen molar-refractivity contribution in [2.24, 2.45) is 0 Å². The molecule has 0 aliphatic rings. The Hall–Kier alpha value is -2.10. The van der Waals surface area contributed by atoms with E-state index in [2.05, 4.69) is 15.5 Å². The van der Waals surface area contributed by atoms with Crippen LogP contribution in [0.3, 0.4) is 0 Å². The van der Waals surface area contributed by atoms with Crippen LogP contribution < -0.4 is 0 Å². The molecule has 0 saturated carbocycles. The summed E-state index contributed by atoms with van der Waals surface area (Å²) in [6.07, 6.45) is 0. The molecule has 0 atom stereocenters. The summed E-state index contributed by atoms with van der Waals surface area (Å²) in [5, 5.41) is 18.6. The Labute approximate surface area is 108 Å². The minimum absolute atomic E-state index is 0.0488. The first kappa shape index (κ1) is 13.3. The van der Waals surface area contributed by atoms with Gasteiger partial charge in [0.1, 0.15) is 5.69 Å². The zero-order chi connectivity index (χ0) is 14.0. The van der Waals surface area contributed by atoms with Gasteiger partial charge >= 0.3 is 5.97 Å². The molecule has 0 fully saturated rings. The smallest absolute Gasteiger partial charge is 0.313 e. The number of carboxylic acids is 1. The van der Waals surface area contributed by atoms with E-state index in [0.717, 1.165) is 28.6 Å². The summed E-state index contributed by atoms with van der Waals surface area (Å²) >= 11 is 0.720. The fraction of sp³-hybridized carbons (Fsp3) is 0.111. The van der Waals surface area contributed by atoms with E-state index < -0.39 is 29.1 Å². The topological polar surface area (TPSA) is 80.9 Å². The van der Waals surface area contributed by atoms with Crippen molar-refractivity contribution in [1.82, 2.24) is 20.2 Å². The summed E-state index contributed by atoms with van der Waals surface area (Å²) in [5.41, 5.74) is -0.406. The van der Waals surface area contributed by atoms with Gasteiger partial charge in [-0.15, -0.1) is 5.10 Å². The van der Waals surface area contributed by atoms with E-state index in [1.807, 2.05) is 0 Å². The van der Waals surface area contributed by atoms with Gasteiger partial charge in [-0.25, -0.2) is 13.2 Å². The van der Waals surface area contributed by atoms with Crippen LogP contribution in [-0.2, 0) is 4.79 Å². The Morgan fingerprint density at radius 2 is 2.05 bits per heavy atom. The average molecular weight is 290 g/mol. The number of hydrogen-bond donors (Lipinski definition) is 1. The number of tetrazole rings is 1. The number of carboxylic acid groups (broad SMARTS) is 1. The van der Waals surface area contributed by atoms with Gasteiger partial charge in [-0.1, -0.05) is 11.8 Å². The second-order valence-electron chi connectivity index (χ2n) is 3.25. The predicted molar refractivity (Wildman–Crippen MR) is 57.4 cm³/mol. The molecule has 1 N–H and O–H groups in total. The van der Waals surface area contributed by atoms with Gasteiger partial charge in [0.15, 0.2) is 17.5 Å². The van der Waals surface area contributed by atoms with Crippen LogP contribution in [0.15, 0.2) is 17.3 Å². The van der Waals surface area contributed by atoms with E-state index in [4.69, 9.17) is 5.11 Å². The minimum Gasteiger partial charge on any atom is -0.481 e. The first-order valence-electron chi connectivity index (χ1n) is 4.77. The molecule has 19 heavy (non-hydrogen) atoms. The van der Waals surface area contributed by atoms with Gasteiger partial charge < -0.3 is 5.11 Å². The number of benzene rings is 1. The monoisotopic (exact) mass is 290 g/mol. The molecule has 1 aromatic carbocycles. The lowest BCUT2D eigenvalue weighted by Gasteiger charge is -2.05. The van der Waals surface area contributed by atoms with Gasteiger partial charge in [0.05, 0.1) is 5.75 Å². The third-order valence-corrected chi connectivity index (χ3v) is 2.91. The van der Waals surface area contributed by atoms with Crippen LogP contribution in [0.25, 0.3) is 5.69 Å². The van der Waals surface area contributed by atoms with Crippen LogP contribution in [0.2, 0.25) is 0 Å². The number of aromatic nitrogens is 4. The van der Waals surface area contributed by atoms with Crippen molar-refractivity contribution in [3.63, 3.8) is 0 Å². The number of thioether (sulfide) groups is 1. The van der Waals surface area contributed by atoms with Crippen molar-refractivity contribution >= 4 is 17.7 Å². The molecular formula is C9H5F3N4O2S. The number of carbonyl (C=O) groups is 1. The molecule has 0 spiro atoms. The Bertz CT molecular complexity index is 634. The summed E-state index contributed by atoms with van der Waals surface area (Å²) in [5.74, 6) is -5.92. The zero-order valence-corrected chi connectivity index (χ0v) is 9.86. The van der Waals surface area contributed by atoms with Gasteiger partial charge in [0.25, 0.3) is 0 Å². The molecule has 0 bridgehead atoms. The molecule has 2 rings (SSSR count). The molecule has 0 unspecified atom stereocenters. The molecule has 6 nitrogen and oxygen atoms in total. The van der Waals surface area contributed by atoms with Crippen LogP contribution in [0.1, 0.15) is 0 Å². The van der Waals surface area contributed by atoms with Crippen LogP contribution in [0.5, 0.6) is 0 Å². The Balaban J connectivity index is 2.40. The van der Waals surface area contributed by atoms with Crippen molar-refractivity contribution in [1.29, 1.82) is 0 Å². The van der Waals surface area contributed by atoms with Gasteiger partial charge in [-0.3, -0.25) is 4.79 Å². The van der Waals surface area contributed by atoms with Crippen molar-refractivity contribution < 1.29 is 23.1 Å². The van der Waals surface area contributed by atoms with E-state index >= 15 is 0 Å². The minimum atomic E-state index is -1.65. The van der Waals surface area contributed by atoms with Crippen LogP contribution in [0.4, 0.5) is 13.2 Å². The summed E-state index contributed by atoms with van der Waals surface area (Å²) in [6, 6.07) is 1.68. The summed E-state index contributed by atoms with van der Waals surface area (Å²) in [7, 11) is 0. The molecule has 0 radical (unpaired) electrons. The molecule has 2 aromatic rings. The van der Waals surface area contributed by atoms with Crippen molar-refractivity contribution in [3.05, 3.63) is 29.6 Å². The SMILES string of the molecule is O=C(O)CSc1nnnn1-c1ccc(F)c(F)c1F. The molecule has 0 amide bonds. The standard InChI is InChI=1S/C9H5F3N4O2S/c10-4-1-2-5(8(12)7(4)11)16-9(13-14-15-16)19-3-6(17)18/h1-2H,3H2,(H,17,18). The predicted octanol–water partition coefficient (Wildman–Crippen LogP) is 1.26. The highest BCUT2D eigenvalue weighted by molar-refractivity contribution is 7.99. The van der Waals surface area contributed by atoms with Crippen molar-refractivity contribution in [3.8, 4) is 5.69 Å². The first-order chi connectivity index (χ1) is 9.00. The van der Waals surface area contributed by atoms with Crippen molar-refractivity contribution in [2.75, 3.05) is 5.75 Å². The highest BCUT2D eigenvalue weighted by atomic mass is 32.2. The number of nitrogens with zero attached hydrogens (tertiary/aromatic N) is 4. The first-order valence-corrected chi connectivity index (χ1v) is 5.76. The summed E-state index contributed by atoms with van der Waals surface area (Å²) in [4.78, 5) is 10.4. The third-order valence-electron chi connectivity index (χ3n) is 2.01. The maximum atomic E-state index is 13.5. The van der Waals surface area contributed by atoms with Gasteiger partial charge in [0.2, 0.25) is 5.16 Å². The third kappa shape index (κ3) is 2.67. The highest BCUT2D eigenvalue weighted by Crippen LogP contribution is 2.22. The Morgan fingerprint density at radius 3 is 2.74 bits per heavy atom. The van der Waals surface area contributed by atoms with Gasteiger partial charge in [-0.05, 0) is 22.6 Å². The Morgan fingerprint density at radius 1 is 1.32 bits per heavy atom. The van der Waals surface area contributed by atoms with Gasteiger partial charge in [0, 0.05) is 0 Å². The number of hydrogen-bond acceptors (Lipinski definition) is 5. The second kappa shape index (κ2) is 5.26. The number of halogens is 3. The fourth-order valence-electron chi connectivity index (χ4n) is 1.23. The normalized spacial score (nSPS) is 10.7. The maximum absolute atomic E-state index is 13.5. The van der Waals surface area contributed by atoms with Crippen LogP contribution in [0, 0.1) is 17.5 Å². The van der Waals surface area contributed by atoms with E-state index in [0.29, 0.717) is 0 Å². The van der Waals surface area contributed by atoms with E-state index in [1.54, 1.807) is 0 Å². The van der Waals surface area contributed by atoms with Crippen LogP contribution in [-0.4, -0.2) is 37.0 Å². The van der Waals surface area contributed by atoms with Crippen LogP contribution >= 0.6 is 11.8 Å². The lowest BCUT2D eigenvalue weighted by atomic mass is 10.3. The molecule has 1 aromatic heterocycles. The van der Waals surface area contributed by atoms with E-state index in [1.165, 1.54) is 0 Å². The zero-order valence-electron chi connectivity index (χ0n) is 9.05. The summed E-state index contributed by atoms with van der Waals surface area (Å²) < 4.78 is 40.2. The summed E-state index contributed by atoms with van der Waals surface area (Å²) in [6.45, 7) is 0. The molecule has 0 aliphatic carbocycles. The molecule has 10 heteroatoms. The molecule has 0 aliphatic heterocycles. The second-order valence-corrected chi connectivity index (χ2v) is 4.19. The lowest BCUT2D eigenvalue weighted by molar-refractivity contribution is -0.133. The lowest BCUT2D eigenvalue weighted by Crippen LogP contribution is -2.06. The molecular weight excluding hydrogens is 285 g/mol. The molecule has 0 saturated heterocycles. The quantitative estimate of drug-likeness (QED) is 0.674.